The average molecular weight is 357 g/mol. The summed E-state index contributed by atoms with van der Waals surface area (Å²) in [4.78, 5) is 10.4. The van der Waals surface area contributed by atoms with Gasteiger partial charge < -0.3 is 5.32 Å². The van der Waals surface area contributed by atoms with E-state index in [1.54, 1.807) is 13.0 Å². The largest absolute Gasteiger partial charge is 0.378 e. The number of hydrogen-bond donors (Lipinski definition) is 1. The molecule has 1 atom stereocenters. The lowest BCUT2D eigenvalue weighted by molar-refractivity contribution is -0.385. The first kappa shape index (κ1) is 15.4. The van der Waals surface area contributed by atoms with Crippen LogP contribution in [0.3, 0.4) is 0 Å². The molecule has 2 aromatic rings. The SMILES string of the molecule is CC(Nc1ccc(Br)c([N+](=O)[O-])c1)c1ccc(F)cc1F. The summed E-state index contributed by atoms with van der Waals surface area (Å²) in [6.07, 6.45) is 0. The minimum Gasteiger partial charge on any atom is -0.378 e. The molecule has 1 unspecified atom stereocenters. The summed E-state index contributed by atoms with van der Waals surface area (Å²) in [5.41, 5.74) is 0.662. The predicted molar refractivity (Wildman–Crippen MR) is 79.2 cm³/mol. The Morgan fingerprint density at radius 1 is 1.24 bits per heavy atom. The predicted octanol–water partition coefficient (Wildman–Crippen LogP) is 4.81. The molecule has 0 aliphatic heterocycles. The highest BCUT2D eigenvalue weighted by Crippen LogP contribution is 2.30. The third-order valence-corrected chi connectivity index (χ3v) is 3.63. The van der Waals surface area contributed by atoms with E-state index in [2.05, 4.69) is 21.2 Å². The number of hydrogen-bond acceptors (Lipinski definition) is 3. The second-order valence-electron chi connectivity index (χ2n) is 4.46. The van der Waals surface area contributed by atoms with Crippen LogP contribution in [0.4, 0.5) is 20.2 Å². The molecule has 7 heteroatoms. The van der Waals surface area contributed by atoms with Crippen LogP contribution in [0.15, 0.2) is 40.9 Å². The number of nitrogens with one attached hydrogen (secondary N) is 1. The van der Waals surface area contributed by atoms with Crippen LogP contribution in [-0.4, -0.2) is 4.92 Å². The summed E-state index contributed by atoms with van der Waals surface area (Å²) in [5.74, 6) is -1.32. The van der Waals surface area contributed by atoms with Gasteiger partial charge in [0.1, 0.15) is 11.6 Å². The third-order valence-electron chi connectivity index (χ3n) is 2.96. The van der Waals surface area contributed by atoms with Crippen molar-refractivity contribution in [2.45, 2.75) is 13.0 Å². The minimum atomic E-state index is -0.665. The van der Waals surface area contributed by atoms with E-state index in [0.717, 1.165) is 6.07 Å². The molecule has 0 aliphatic rings. The summed E-state index contributed by atoms with van der Waals surface area (Å²) in [7, 11) is 0. The summed E-state index contributed by atoms with van der Waals surface area (Å²) >= 11 is 3.09. The van der Waals surface area contributed by atoms with E-state index in [1.807, 2.05) is 0 Å². The number of nitro groups is 1. The number of rotatable bonds is 4. The zero-order valence-corrected chi connectivity index (χ0v) is 12.5. The van der Waals surface area contributed by atoms with Crippen LogP contribution in [-0.2, 0) is 0 Å². The molecule has 0 bridgehead atoms. The third kappa shape index (κ3) is 3.55. The van der Waals surface area contributed by atoms with Crippen molar-refractivity contribution in [3.63, 3.8) is 0 Å². The fraction of sp³-hybridized carbons (Fsp3) is 0.143. The molecule has 1 N–H and O–H groups in total. The molecule has 0 saturated heterocycles. The smallest absolute Gasteiger partial charge is 0.285 e. The van der Waals surface area contributed by atoms with Crippen LogP contribution in [0.1, 0.15) is 18.5 Å². The lowest BCUT2D eigenvalue weighted by atomic mass is 10.1. The van der Waals surface area contributed by atoms with Crippen LogP contribution in [0.2, 0.25) is 0 Å². The van der Waals surface area contributed by atoms with Crippen LogP contribution in [0.5, 0.6) is 0 Å². The molecule has 0 saturated carbocycles. The van der Waals surface area contributed by atoms with Crippen molar-refractivity contribution < 1.29 is 13.7 Å². The molecule has 0 radical (unpaired) electrons. The summed E-state index contributed by atoms with van der Waals surface area (Å²) < 4.78 is 26.9. The molecular formula is C14H11BrF2N2O2. The van der Waals surface area contributed by atoms with E-state index in [9.17, 15) is 18.9 Å². The van der Waals surface area contributed by atoms with E-state index in [1.165, 1.54) is 24.3 Å². The molecule has 4 nitrogen and oxygen atoms in total. The van der Waals surface area contributed by atoms with Gasteiger partial charge >= 0.3 is 0 Å². The van der Waals surface area contributed by atoms with Gasteiger partial charge in [0.2, 0.25) is 0 Å². The molecule has 0 heterocycles. The number of nitro benzene ring substituents is 1. The number of halogens is 3. The van der Waals surface area contributed by atoms with Gasteiger partial charge in [-0.25, -0.2) is 8.78 Å². The minimum absolute atomic E-state index is 0.0909. The fourth-order valence-electron chi connectivity index (χ4n) is 1.92. The summed E-state index contributed by atoms with van der Waals surface area (Å²) in [6, 6.07) is 7.37. The quantitative estimate of drug-likeness (QED) is 0.631. The van der Waals surface area contributed by atoms with Crippen molar-refractivity contribution in [3.05, 3.63) is 68.2 Å². The average Bonchev–Trinajstić information content (AvgIpc) is 2.40. The topological polar surface area (TPSA) is 55.2 Å². The van der Waals surface area contributed by atoms with Gasteiger partial charge in [-0.15, -0.1) is 0 Å². The molecule has 0 spiro atoms. The molecule has 110 valence electrons. The zero-order valence-electron chi connectivity index (χ0n) is 10.9. The molecule has 2 aromatic carbocycles. The highest BCUT2D eigenvalue weighted by Gasteiger charge is 2.15. The molecular weight excluding hydrogens is 346 g/mol. The van der Waals surface area contributed by atoms with Crippen molar-refractivity contribution in [1.29, 1.82) is 0 Å². The fourth-order valence-corrected chi connectivity index (χ4v) is 2.31. The molecule has 0 aromatic heterocycles. The Hall–Kier alpha value is -2.02. The Morgan fingerprint density at radius 2 is 1.95 bits per heavy atom. The van der Waals surface area contributed by atoms with Gasteiger partial charge in [-0.1, -0.05) is 6.07 Å². The maximum Gasteiger partial charge on any atom is 0.285 e. The van der Waals surface area contributed by atoms with Crippen LogP contribution in [0, 0.1) is 21.7 Å². The molecule has 0 aliphatic carbocycles. The maximum absolute atomic E-state index is 13.7. The van der Waals surface area contributed by atoms with Crippen LogP contribution >= 0.6 is 15.9 Å². The Labute approximate surface area is 128 Å². The Kier molecular flexibility index (Phi) is 4.52. The molecule has 0 amide bonds. The number of nitrogens with zero attached hydrogens (tertiary/aromatic N) is 1. The summed E-state index contributed by atoms with van der Waals surface area (Å²) in [5, 5.41) is 13.8. The standard InChI is InChI=1S/C14H11BrF2N2O2/c1-8(11-4-2-9(16)6-13(11)17)18-10-3-5-12(15)14(7-10)19(20)21/h2-8,18H,1H3. The Balaban J connectivity index is 2.25. The highest BCUT2D eigenvalue weighted by atomic mass is 79.9. The molecule has 2 rings (SSSR count). The molecule has 0 fully saturated rings. The van der Waals surface area contributed by atoms with Crippen LogP contribution in [0.25, 0.3) is 0 Å². The Bertz CT molecular complexity index is 695. The van der Waals surface area contributed by atoms with Gasteiger partial charge in [-0.3, -0.25) is 10.1 Å². The van der Waals surface area contributed by atoms with Gasteiger partial charge in [-0.05, 0) is 41.1 Å². The van der Waals surface area contributed by atoms with Gasteiger partial charge in [0, 0.05) is 23.4 Å². The van der Waals surface area contributed by atoms with E-state index in [4.69, 9.17) is 0 Å². The normalized spacial score (nSPS) is 12.0. The van der Waals surface area contributed by atoms with Crippen molar-refractivity contribution in [3.8, 4) is 0 Å². The van der Waals surface area contributed by atoms with E-state index in [-0.39, 0.29) is 11.3 Å². The summed E-state index contributed by atoms with van der Waals surface area (Å²) in [6.45, 7) is 1.68. The van der Waals surface area contributed by atoms with E-state index >= 15 is 0 Å². The number of benzene rings is 2. The van der Waals surface area contributed by atoms with Crippen molar-refractivity contribution in [2.24, 2.45) is 0 Å². The van der Waals surface area contributed by atoms with Gasteiger partial charge in [0.05, 0.1) is 15.4 Å². The van der Waals surface area contributed by atoms with Gasteiger partial charge in [0.15, 0.2) is 0 Å². The second kappa shape index (κ2) is 6.17. The van der Waals surface area contributed by atoms with Gasteiger partial charge in [-0.2, -0.15) is 0 Å². The van der Waals surface area contributed by atoms with Crippen molar-refractivity contribution >= 4 is 27.3 Å². The van der Waals surface area contributed by atoms with Crippen molar-refractivity contribution in [1.82, 2.24) is 0 Å². The zero-order chi connectivity index (χ0) is 15.6. The second-order valence-corrected chi connectivity index (χ2v) is 5.31. The van der Waals surface area contributed by atoms with Gasteiger partial charge in [0.25, 0.3) is 5.69 Å². The molecule has 21 heavy (non-hydrogen) atoms. The van der Waals surface area contributed by atoms with Crippen LogP contribution < -0.4 is 5.32 Å². The first-order chi connectivity index (χ1) is 9.88. The maximum atomic E-state index is 13.7. The lowest BCUT2D eigenvalue weighted by Crippen LogP contribution is -2.09. The van der Waals surface area contributed by atoms with E-state index < -0.39 is 22.6 Å². The monoisotopic (exact) mass is 356 g/mol. The highest BCUT2D eigenvalue weighted by molar-refractivity contribution is 9.10. The Morgan fingerprint density at radius 3 is 2.57 bits per heavy atom. The van der Waals surface area contributed by atoms with Crippen molar-refractivity contribution in [2.75, 3.05) is 5.32 Å². The first-order valence-corrected chi connectivity index (χ1v) is 6.83. The lowest BCUT2D eigenvalue weighted by Gasteiger charge is -2.16. The first-order valence-electron chi connectivity index (χ1n) is 6.04. The number of anilines is 1. The van der Waals surface area contributed by atoms with E-state index in [0.29, 0.717) is 10.2 Å².